The van der Waals surface area contributed by atoms with Gasteiger partial charge in [0.1, 0.15) is 5.69 Å². The summed E-state index contributed by atoms with van der Waals surface area (Å²) in [6.45, 7) is 4.50. The van der Waals surface area contributed by atoms with Crippen molar-refractivity contribution in [1.82, 2.24) is 13.7 Å². The lowest BCUT2D eigenvalue weighted by Gasteiger charge is -2.28. The minimum Gasteiger partial charge on any atom is -0.311 e. The van der Waals surface area contributed by atoms with Crippen molar-refractivity contribution in [3.8, 4) is 50.4 Å². The van der Waals surface area contributed by atoms with Crippen molar-refractivity contribution in [2.45, 2.75) is 13.8 Å². The van der Waals surface area contributed by atoms with E-state index in [9.17, 15) is 5.48 Å². The fourth-order valence-corrected chi connectivity index (χ4v) is 23.9. The molecule has 30 rings (SSSR count). The highest BCUT2D eigenvalue weighted by Crippen LogP contribution is 2.54. The zero-order valence-electron chi connectivity index (χ0n) is 85.4. The van der Waals surface area contributed by atoms with E-state index in [0.717, 1.165) is 126 Å². The summed E-state index contributed by atoms with van der Waals surface area (Å²) in [6, 6.07) is 163. The molecular formula is C140H90F4N6. The third-order valence-corrected chi connectivity index (χ3v) is 30.3. The zero-order valence-corrected chi connectivity index (χ0v) is 81.4. The molecule has 0 atom stereocenters. The highest BCUT2D eigenvalue weighted by Gasteiger charge is 2.34. The molecule has 150 heavy (non-hydrogen) atoms. The van der Waals surface area contributed by atoms with Gasteiger partial charge in [0.2, 0.25) is 0 Å². The zero-order chi connectivity index (χ0) is 104. The van der Waals surface area contributed by atoms with Crippen LogP contribution in [0.25, 0.3) is 213 Å². The molecule has 30 aromatic rings. The molecule has 0 saturated heterocycles. The van der Waals surface area contributed by atoms with Crippen LogP contribution in [0.4, 0.5) is 68.7 Å². The van der Waals surface area contributed by atoms with E-state index in [0.29, 0.717) is 27.9 Å². The predicted octanol–water partition coefficient (Wildman–Crippen LogP) is 39.6. The van der Waals surface area contributed by atoms with Gasteiger partial charge in [-0.05, 0) is 320 Å². The van der Waals surface area contributed by atoms with Crippen molar-refractivity contribution in [3.05, 3.63) is 544 Å². The van der Waals surface area contributed by atoms with Crippen LogP contribution in [0.2, 0.25) is 0 Å². The molecule has 3 heterocycles. The lowest BCUT2D eigenvalue weighted by atomic mass is 9.87. The second-order valence-corrected chi connectivity index (χ2v) is 38.7. The second kappa shape index (κ2) is 35.8. The Morgan fingerprint density at radius 2 is 0.473 bits per heavy atom. The number of hydrogen-bond acceptors (Lipinski definition) is 3. The summed E-state index contributed by atoms with van der Waals surface area (Å²) in [5, 5.41) is 26.3. The molecule has 6 nitrogen and oxygen atoms in total. The third-order valence-electron chi connectivity index (χ3n) is 30.3. The Balaban J connectivity index is 0.000000110. The standard InChI is InChI=1S/C48H34N2.C46H26F4N2.C46H30N2/c1-31-29-44(49(35-14-6-3-7-15-35)36-16-8-4-9-17-36)32(2)28-42(31)38-25-24-33-22-23-34-30-45-48(41-27-26-39(38)46(33)47(34)41)40-20-12-13-21-43(40)50(45)37-18-10-5-11-19-37;47-42-41(43(48)45(50)46(44(42)49)51(29-12-4-1-5-13-29)30-14-6-2-7-15-30)33-23-22-27-20-21-28-26-37-40(35-25-24-32(33)38(27)39(28)35)34-18-10-11-19-36(34)52(37)31-16-8-3-9-17-31;1-4-12-34(13-5-1)47(35-14-6-2-7-15-35)37-25-22-31(23-26-37)38-27-24-32-20-21-33-30-43-46(41-29-28-39(38)44(32)45(33)41)40-18-10-11-19-42(40)48(43)36-16-8-3-9-17-36/h3-30H,1-2H3;1-26H;1-30H/i;;22D,23D,25D,26D. The number of aryl methyl sites for hydroxylation is 2. The second-order valence-electron chi connectivity index (χ2n) is 38.7. The maximum Gasteiger partial charge on any atom is 0.186 e. The van der Waals surface area contributed by atoms with Gasteiger partial charge in [0.15, 0.2) is 23.3 Å². The van der Waals surface area contributed by atoms with Crippen LogP contribution in [0.15, 0.2) is 509 Å². The number of fused-ring (bicyclic) bond motifs is 12. The number of rotatable bonds is 15. The number of benzene rings is 27. The molecule has 0 unspecified atom stereocenters. The van der Waals surface area contributed by atoms with Crippen molar-refractivity contribution in [2.75, 3.05) is 14.7 Å². The summed E-state index contributed by atoms with van der Waals surface area (Å²) in [6.07, 6.45) is 0. The first-order chi connectivity index (χ1) is 75.7. The summed E-state index contributed by atoms with van der Waals surface area (Å²) >= 11 is 0. The van der Waals surface area contributed by atoms with Crippen molar-refractivity contribution in [2.24, 2.45) is 0 Å². The topological polar surface area (TPSA) is 24.5 Å². The molecule has 27 aromatic carbocycles. The summed E-state index contributed by atoms with van der Waals surface area (Å²) in [5.41, 5.74) is 20.6. The van der Waals surface area contributed by atoms with Gasteiger partial charge in [-0.1, -0.05) is 340 Å². The molecule has 708 valence electrons. The van der Waals surface area contributed by atoms with Crippen LogP contribution in [0.3, 0.4) is 0 Å². The Labute approximate surface area is 867 Å². The molecule has 0 spiro atoms. The Morgan fingerprint density at radius 1 is 0.193 bits per heavy atom. The van der Waals surface area contributed by atoms with E-state index >= 15 is 17.6 Å². The van der Waals surface area contributed by atoms with Crippen LogP contribution in [0.5, 0.6) is 0 Å². The van der Waals surface area contributed by atoms with Gasteiger partial charge in [0, 0.05) is 94.9 Å². The van der Waals surface area contributed by atoms with E-state index in [1.54, 1.807) is 72.8 Å². The molecule has 0 N–H and O–H groups in total. The predicted molar refractivity (Wildman–Crippen MR) is 623 cm³/mol. The van der Waals surface area contributed by atoms with Gasteiger partial charge in [-0.2, -0.15) is 0 Å². The summed E-state index contributed by atoms with van der Waals surface area (Å²) in [7, 11) is 0. The third kappa shape index (κ3) is 14.2. The molecule has 0 fully saturated rings. The van der Waals surface area contributed by atoms with E-state index in [2.05, 4.69) is 312 Å². The lowest BCUT2D eigenvalue weighted by Crippen LogP contribution is -2.16. The maximum atomic E-state index is 16.5. The van der Waals surface area contributed by atoms with E-state index < -0.39 is 34.5 Å². The first kappa shape index (κ1) is 84.0. The van der Waals surface area contributed by atoms with Gasteiger partial charge in [0.25, 0.3) is 0 Å². The smallest absolute Gasteiger partial charge is 0.186 e. The summed E-state index contributed by atoms with van der Waals surface area (Å²) in [5.74, 6) is -5.89. The minimum absolute atomic E-state index is 0.0685. The van der Waals surface area contributed by atoms with Crippen LogP contribution in [-0.2, 0) is 0 Å². The minimum atomic E-state index is -1.48. The molecule has 0 bridgehead atoms. The van der Waals surface area contributed by atoms with Gasteiger partial charge in [-0.25, -0.2) is 17.6 Å². The van der Waals surface area contributed by atoms with Gasteiger partial charge in [0.05, 0.1) is 44.1 Å². The lowest BCUT2D eigenvalue weighted by molar-refractivity contribution is 0.461. The van der Waals surface area contributed by atoms with Crippen LogP contribution < -0.4 is 14.7 Å². The Hall–Kier alpha value is -19.4. The first-order valence-corrected chi connectivity index (χ1v) is 50.5. The maximum absolute atomic E-state index is 16.5. The fourth-order valence-electron chi connectivity index (χ4n) is 23.9. The van der Waals surface area contributed by atoms with Crippen LogP contribution >= 0.6 is 0 Å². The monoisotopic (exact) mass is 1930 g/mol. The number of aromatic nitrogens is 3. The molecule has 3 aromatic heterocycles. The van der Waals surface area contributed by atoms with Gasteiger partial charge in [-0.3, -0.25) is 0 Å². The largest absolute Gasteiger partial charge is 0.311 e. The average molecular weight is 1940 g/mol. The molecule has 10 heteroatoms. The summed E-state index contributed by atoms with van der Waals surface area (Å²) in [4.78, 5) is 5.38. The van der Waals surface area contributed by atoms with Crippen molar-refractivity contribution in [3.63, 3.8) is 0 Å². The van der Waals surface area contributed by atoms with Crippen molar-refractivity contribution in [1.29, 1.82) is 0 Å². The van der Waals surface area contributed by atoms with Gasteiger partial charge < -0.3 is 28.4 Å². The quantitative estimate of drug-likeness (QED) is 0.0581. The molecule has 0 aliphatic carbocycles. The van der Waals surface area contributed by atoms with Crippen LogP contribution in [0, 0.1) is 37.1 Å². The molecule has 0 aliphatic heterocycles. The number of para-hydroxylation sites is 12. The number of halogens is 4. The number of hydrogen-bond donors (Lipinski definition) is 0. The van der Waals surface area contributed by atoms with E-state index in [-0.39, 0.29) is 35.4 Å². The molecule has 0 radical (unpaired) electrons. The number of anilines is 9. The van der Waals surface area contributed by atoms with Crippen molar-refractivity contribution >= 4 is 214 Å². The Morgan fingerprint density at radius 3 is 0.840 bits per heavy atom. The van der Waals surface area contributed by atoms with Crippen LogP contribution in [-0.4, -0.2) is 13.7 Å². The van der Waals surface area contributed by atoms with Gasteiger partial charge >= 0.3 is 0 Å². The molecular weight excluding hydrogens is 1840 g/mol. The van der Waals surface area contributed by atoms with E-state index in [1.807, 2.05) is 138 Å². The number of nitrogens with zero attached hydrogens (tertiary/aromatic N) is 6. The molecule has 0 saturated carbocycles. The summed E-state index contributed by atoms with van der Waals surface area (Å²) < 4.78 is 111. The molecule has 0 amide bonds. The van der Waals surface area contributed by atoms with Crippen molar-refractivity contribution < 1.29 is 23.0 Å². The SMILES string of the molecule is Cc1cc(N(c2ccccc2)c2ccccc2)c(C)cc1-c1ccc2ccc3cc4c(c5ccc1c2c35)c1ccccc1n4-c1ccccc1.Fc1c(F)c(N(c2ccccc2)c2ccccc2)c(F)c(F)c1-c1ccc2ccc3cc4c(c5ccc1c2c35)c1ccccc1n4-c1ccccc1.[2H]c1c([2H])c(N(c2ccccc2)c2ccccc2)c([2H])c([2H])c1-c1ccc2ccc3cc4c(c5ccc1c2c35)c1ccccc1n4-c1ccccc1. The molecule has 0 aliphatic rings. The average Bonchev–Trinajstić information content (AvgIpc) is 1.50. The highest BCUT2D eigenvalue weighted by molar-refractivity contribution is 6.38. The van der Waals surface area contributed by atoms with Gasteiger partial charge in [-0.15, -0.1) is 0 Å². The Bertz CT molecular complexity index is 10200. The fraction of sp³-hybridized carbons (Fsp3) is 0.0143. The first-order valence-electron chi connectivity index (χ1n) is 52.5. The van der Waals surface area contributed by atoms with E-state index in [4.69, 9.17) is 0 Å². The van der Waals surface area contributed by atoms with Crippen LogP contribution in [0.1, 0.15) is 16.6 Å². The normalized spacial score (nSPS) is 12.2. The highest BCUT2D eigenvalue weighted by atomic mass is 19.2. The Kier molecular flexibility index (Phi) is 20.1. The van der Waals surface area contributed by atoms with E-state index in [1.165, 1.54) is 103 Å².